The van der Waals surface area contributed by atoms with E-state index in [1.165, 1.54) is 6.33 Å². The highest BCUT2D eigenvalue weighted by molar-refractivity contribution is 5.61. The lowest BCUT2D eigenvalue weighted by atomic mass is 10.2. The van der Waals surface area contributed by atoms with E-state index in [1.807, 2.05) is 0 Å². The zero-order chi connectivity index (χ0) is 8.39. The minimum absolute atomic E-state index is 0.141. The van der Waals surface area contributed by atoms with Gasteiger partial charge in [0.1, 0.15) is 5.75 Å². The van der Waals surface area contributed by atoms with Gasteiger partial charge in [-0.2, -0.15) is 4.98 Å². The summed E-state index contributed by atoms with van der Waals surface area (Å²) in [6.07, 6.45) is 1.29. The number of nitrogens with zero attached hydrogens (tertiary/aromatic N) is 2. The summed E-state index contributed by atoms with van der Waals surface area (Å²) in [4.78, 5) is 3.81. The van der Waals surface area contributed by atoms with Crippen molar-refractivity contribution in [2.24, 2.45) is 0 Å². The van der Waals surface area contributed by atoms with Crippen LogP contribution < -0.4 is 0 Å². The molecule has 0 aliphatic carbocycles. The smallest absolute Gasteiger partial charge is 0.261 e. The molecule has 0 bridgehead atoms. The Bertz CT molecular complexity index is 370. The van der Waals surface area contributed by atoms with Crippen molar-refractivity contribution in [2.45, 2.75) is 0 Å². The Labute approximate surface area is 68.5 Å². The van der Waals surface area contributed by atoms with E-state index < -0.39 is 0 Å². The number of aromatic nitrogens is 2. The largest absolute Gasteiger partial charge is 0.507 e. The molecule has 0 radical (unpaired) electrons. The first-order valence-corrected chi connectivity index (χ1v) is 3.43. The van der Waals surface area contributed by atoms with Crippen molar-refractivity contribution in [3.63, 3.8) is 0 Å². The molecule has 1 aromatic carbocycles. The van der Waals surface area contributed by atoms with Gasteiger partial charge in [0.05, 0.1) is 5.56 Å². The molecule has 2 rings (SSSR count). The number of hydrogen-bond acceptors (Lipinski definition) is 4. The Morgan fingerprint density at radius 2 is 2.08 bits per heavy atom. The van der Waals surface area contributed by atoms with Gasteiger partial charge in [-0.3, -0.25) is 0 Å². The summed E-state index contributed by atoms with van der Waals surface area (Å²) in [6.45, 7) is 0. The van der Waals surface area contributed by atoms with Crippen molar-refractivity contribution >= 4 is 0 Å². The van der Waals surface area contributed by atoms with Crippen LogP contribution in [0.1, 0.15) is 0 Å². The second-order valence-corrected chi connectivity index (χ2v) is 2.26. The SMILES string of the molecule is Oc1ccccc1-c1ncno1. The number of phenols is 1. The maximum Gasteiger partial charge on any atom is 0.261 e. The van der Waals surface area contributed by atoms with Crippen molar-refractivity contribution in [3.05, 3.63) is 30.6 Å². The summed E-state index contributed by atoms with van der Waals surface area (Å²) >= 11 is 0. The minimum atomic E-state index is 0.141. The number of rotatable bonds is 1. The fourth-order valence-electron chi connectivity index (χ4n) is 0.946. The summed E-state index contributed by atoms with van der Waals surface area (Å²) in [5.41, 5.74) is 0.551. The van der Waals surface area contributed by atoms with Gasteiger partial charge in [-0.15, -0.1) is 0 Å². The number of para-hydroxylation sites is 1. The first-order valence-electron chi connectivity index (χ1n) is 3.43. The van der Waals surface area contributed by atoms with Crippen molar-refractivity contribution in [3.8, 4) is 17.2 Å². The van der Waals surface area contributed by atoms with Gasteiger partial charge in [0.15, 0.2) is 6.33 Å². The molecule has 1 N–H and O–H groups in total. The quantitative estimate of drug-likeness (QED) is 0.689. The second-order valence-electron chi connectivity index (χ2n) is 2.26. The fraction of sp³-hybridized carbons (Fsp3) is 0. The summed E-state index contributed by atoms with van der Waals surface area (Å²) < 4.78 is 4.78. The molecular formula is C8H6N2O2. The van der Waals surface area contributed by atoms with Crippen LogP contribution in [0, 0.1) is 0 Å². The average Bonchev–Trinajstić information content (AvgIpc) is 2.57. The van der Waals surface area contributed by atoms with Crippen molar-refractivity contribution in [1.29, 1.82) is 0 Å². The Hall–Kier alpha value is -1.84. The van der Waals surface area contributed by atoms with Gasteiger partial charge in [0.2, 0.25) is 0 Å². The normalized spacial score (nSPS) is 10.0. The van der Waals surface area contributed by atoms with Crippen molar-refractivity contribution < 1.29 is 9.63 Å². The zero-order valence-electron chi connectivity index (χ0n) is 6.14. The van der Waals surface area contributed by atoms with Gasteiger partial charge in [-0.25, -0.2) is 0 Å². The van der Waals surface area contributed by atoms with Gasteiger partial charge in [-0.1, -0.05) is 17.3 Å². The maximum atomic E-state index is 9.35. The van der Waals surface area contributed by atoms with E-state index in [-0.39, 0.29) is 5.75 Å². The molecule has 0 fully saturated rings. The average molecular weight is 162 g/mol. The molecule has 4 nitrogen and oxygen atoms in total. The van der Waals surface area contributed by atoms with Gasteiger partial charge in [-0.05, 0) is 12.1 Å². The molecule has 0 amide bonds. The summed E-state index contributed by atoms with van der Waals surface area (Å²) in [5.74, 6) is 0.467. The van der Waals surface area contributed by atoms with Gasteiger partial charge >= 0.3 is 0 Å². The molecule has 0 unspecified atom stereocenters. The molecule has 60 valence electrons. The molecule has 1 aromatic heterocycles. The van der Waals surface area contributed by atoms with Gasteiger partial charge < -0.3 is 9.63 Å². The van der Waals surface area contributed by atoms with Crippen LogP contribution in [-0.2, 0) is 0 Å². The van der Waals surface area contributed by atoms with Gasteiger partial charge in [0, 0.05) is 0 Å². The molecular weight excluding hydrogens is 156 g/mol. The maximum absolute atomic E-state index is 9.35. The lowest BCUT2D eigenvalue weighted by molar-refractivity contribution is 0.424. The number of aromatic hydroxyl groups is 1. The molecule has 0 saturated heterocycles. The predicted octanol–water partition coefficient (Wildman–Crippen LogP) is 1.44. The van der Waals surface area contributed by atoms with Gasteiger partial charge in [0.25, 0.3) is 5.89 Å². The number of phenolic OH excluding ortho intramolecular Hbond substituents is 1. The molecule has 2 aromatic rings. The molecule has 0 aliphatic rings. The van der Waals surface area contributed by atoms with Crippen molar-refractivity contribution in [2.75, 3.05) is 0 Å². The van der Waals surface area contributed by atoms with Crippen LogP contribution in [0.15, 0.2) is 35.1 Å². The van der Waals surface area contributed by atoms with E-state index in [1.54, 1.807) is 24.3 Å². The highest BCUT2D eigenvalue weighted by Gasteiger charge is 2.06. The monoisotopic (exact) mass is 162 g/mol. The van der Waals surface area contributed by atoms with Crippen LogP contribution in [-0.4, -0.2) is 15.2 Å². The van der Waals surface area contributed by atoms with Crippen molar-refractivity contribution in [1.82, 2.24) is 10.1 Å². The number of hydrogen-bond donors (Lipinski definition) is 1. The summed E-state index contributed by atoms with van der Waals surface area (Å²) in [6, 6.07) is 6.80. The molecule has 0 aliphatic heterocycles. The molecule has 0 spiro atoms. The first kappa shape index (κ1) is 6.84. The molecule has 1 heterocycles. The Morgan fingerprint density at radius 1 is 1.25 bits per heavy atom. The third kappa shape index (κ3) is 1.03. The fourth-order valence-corrected chi connectivity index (χ4v) is 0.946. The van der Waals surface area contributed by atoms with E-state index in [0.29, 0.717) is 11.5 Å². The summed E-state index contributed by atoms with van der Waals surface area (Å²) in [5, 5.41) is 12.8. The topological polar surface area (TPSA) is 59.2 Å². The highest BCUT2D eigenvalue weighted by Crippen LogP contribution is 2.25. The van der Waals surface area contributed by atoms with Crippen LogP contribution >= 0.6 is 0 Å². The van der Waals surface area contributed by atoms with E-state index in [9.17, 15) is 5.11 Å². The van der Waals surface area contributed by atoms with E-state index >= 15 is 0 Å². The zero-order valence-corrected chi connectivity index (χ0v) is 6.14. The third-order valence-electron chi connectivity index (χ3n) is 1.50. The van der Waals surface area contributed by atoms with Crippen LogP contribution in [0.4, 0.5) is 0 Å². The lowest BCUT2D eigenvalue weighted by Crippen LogP contribution is -1.76. The van der Waals surface area contributed by atoms with Crippen LogP contribution in [0.2, 0.25) is 0 Å². The Balaban J connectivity index is 2.55. The summed E-state index contributed by atoms with van der Waals surface area (Å²) in [7, 11) is 0. The standard InChI is InChI=1S/C8H6N2O2/c11-7-4-2-1-3-6(7)8-9-5-10-12-8/h1-5,11H. The van der Waals surface area contributed by atoms with Crippen LogP contribution in [0.25, 0.3) is 11.5 Å². The third-order valence-corrected chi connectivity index (χ3v) is 1.50. The Kier molecular flexibility index (Phi) is 1.51. The predicted molar refractivity (Wildman–Crippen MR) is 41.4 cm³/mol. The van der Waals surface area contributed by atoms with Crippen LogP contribution in [0.3, 0.4) is 0 Å². The van der Waals surface area contributed by atoms with E-state index in [2.05, 4.69) is 10.1 Å². The highest BCUT2D eigenvalue weighted by atomic mass is 16.5. The van der Waals surface area contributed by atoms with E-state index in [4.69, 9.17) is 4.52 Å². The molecule has 0 saturated carbocycles. The lowest BCUT2D eigenvalue weighted by Gasteiger charge is -1.95. The Morgan fingerprint density at radius 3 is 2.75 bits per heavy atom. The second kappa shape index (κ2) is 2.65. The molecule has 4 heteroatoms. The molecule has 12 heavy (non-hydrogen) atoms. The number of benzene rings is 1. The minimum Gasteiger partial charge on any atom is -0.507 e. The first-order chi connectivity index (χ1) is 5.88. The van der Waals surface area contributed by atoms with E-state index in [0.717, 1.165) is 0 Å². The molecule has 0 atom stereocenters. The van der Waals surface area contributed by atoms with Crippen LogP contribution in [0.5, 0.6) is 5.75 Å².